The minimum Gasteiger partial charge on any atom is -0.449 e. The van der Waals surface area contributed by atoms with E-state index in [-0.39, 0.29) is 12.0 Å². The lowest BCUT2D eigenvalue weighted by atomic mass is 9.98. The average Bonchev–Trinajstić information content (AvgIpc) is 2.91. The Kier molecular flexibility index (Phi) is 4.77. The molecule has 0 fully saturated rings. The number of alkyl carbamates (subject to hydrolysis) is 1. The highest BCUT2D eigenvalue weighted by atomic mass is 16.5. The summed E-state index contributed by atoms with van der Waals surface area (Å²) >= 11 is 0. The van der Waals surface area contributed by atoms with E-state index in [2.05, 4.69) is 36.2 Å². The largest absolute Gasteiger partial charge is 0.449 e. The summed E-state index contributed by atoms with van der Waals surface area (Å²) in [7, 11) is 0. The second-order valence-electron chi connectivity index (χ2n) is 5.68. The van der Waals surface area contributed by atoms with Crippen molar-refractivity contribution in [3.63, 3.8) is 0 Å². The van der Waals surface area contributed by atoms with Crippen LogP contribution in [0.1, 0.15) is 29.9 Å². The van der Waals surface area contributed by atoms with Crippen LogP contribution in [0.2, 0.25) is 0 Å². The molecule has 0 saturated heterocycles. The Balaban J connectivity index is 1.66. The Morgan fingerprint density at radius 2 is 1.70 bits per heavy atom. The number of ether oxygens (including phenoxy) is 1. The van der Waals surface area contributed by atoms with Gasteiger partial charge in [-0.25, -0.2) is 4.79 Å². The normalized spacial score (nSPS) is 12.3. The lowest BCUT2D eigenvalue weighted by Gasteiger charge is -2.14. The van der Waals surface area contributed by atoms with Gasteiger partial charge in [-0.15, -0.1) is 6.58 Å². The van der Waals surface area contributed by atoms with E-state index in [1.54, 1.807) is 0 Å². The molecule has 2 aromatic rings. The first-order valence-electron chi connectivity index (χ1n) is 8.01. The molecule has 0 bridgehead atoms. The van der Waals surface area contributed by atoms with Crippen molar-refractivity contribution >= 4 is 6.09 Å². The molecule has 0 atom stereocenters. The van der Waals surface area contributed by atoms with Crippen LogP contribution in [0.15, 0.2) is 61.2 Å². The number of fused-ring (bicyclic) bond motifs is 3. The van der Waals surface area contributed by atoms with Gasteiger partial charge >= 0.3 is 6.09 Å². The molecule has 0 unspecified atom stereocenters. The van der Waals surface area contributed by atoms with Crippen LogP contribution in [0, 0.1) is 0 Å². The number of allylic oxidation sites excluding steroid dienone is 1. The number of rotatable bonds is 6. The van der Waals surface area contributed by atoms with Gasteiger partial charge in [-0.3, -0.25) is 0 Å². The summed E-state index contributed by atoms with van der Waals surface area (Å²) in [5.74, 6) is 0.112. The van der Waals surface area contributed by atoms with Crippen LogP contribution < -0.4 is 5.32 Å². The fourth-order valence-electron chi connectivity index (χ4n) is 3.09. The summed E-state index contributed by atoms with van der Waals surface area (Å²) in [5.41, 5.74) is 4.94. The second-order valence-corrected chi connectivity index (χ2v) is 5.68. The van der Waals surface area contributed by atoms with E-state index in [0.717, 1.165) is 12.8 Å². The molecule has 0 heterocycles. The highest BCUT2D eigenvalue weighted by molar-refractivity contribution is 5.79. The molecule has 3 heteroatoms. The molecule has 3 nitrogen and oxygen atoms in total. The summed E-state index contributed by atoms with van der Waals surface area (Å²) in [6.45, 7) is 4.64. The monoisotopic (exact) mass is 307 g/mol. The molecule has 1 aliphatic carbocycles. The number of nitrogens with one attached hydrogen (secondary N) is 1. The maximum Gasteiger partial charge on any atom is 0.407 e. The van der Waals surface area contributed by atoms with Crippen LogP contribution in [-0.4, -0.2) is 19.2 Å². The molecule has 0 radical (unpaired) electrons. The van der Waals surface area contributed by atoms with Crippen LogP contribution in [0.3, 0.4) is 0 Å². The van der Waals surface area contributed by atoms with Gasteiger partial charge in [0.25, 0.3) is 0 Å². The standard InChI is InChI=1S/C20H21NO2/c1-2-3-8-13-21-20(22)23-14-19-17-11-6-4-9-15(17)16-10-5-7-12-18(16)19/h2,4-7,9-12,19H,1,3,8,13-14H2,(H,21,22). The number of hydrogen-bond acceptors (Lipinski definition) is 2. The summed E-state index contributed by atoms with van der Waals surface area (Å²) in [6, 6.07) is 16.7. The number of unbranched alkanes of at least 4 members (excludes halogenated alkanes) is 1. The number of carbonyl (C=O) groups excluding carboxylic acids is 1. The maximum absolute atomic E-state index is 11.8. The molecule has 1 aliphatic rings. The van der Waals surface area contributed by atoms with Crippen LogP contribution in [0.25, 0.3) is 11.1 Å². The highest BCUT2D eigenvalue weighted by Crippen LogP contribution is 2.44. The number of amides is 1. The molecular weight excluding hydrogens is 286 g/mol. The number of carbonyl (C=O) groups is 1. The van der Waals surface area contributed by atoms with Gasteiger partial charge in [0.2, 0.25) is 0 Å². The zero-order valence-corrected chi connectivity index (χ0v) is 13.1. The molecular formula is C20H21NO2. The molecule has 118 valence electrons. The minimum absolute atomic E-state index is 0.112. The number of benzene rings is 2. The Morgan fingerprint density at radius 3 is 2.30 bits per heavy atom. The molecule has 0 saturated carbocycles. The first-order valence-corrected chi connectivity index (χ1v) is 8.01. The van der Waals surface area contributed by atoms with Crippen LogP contribution in [-0.2, 0) is 4.74 Å². The van der Waals surface area contributed by atoms with E-state index in [4.69, 9.17) is 4.74 Å². The summed E-state index contributed by atoms with van der Waals surface area (Å²) < 4.78 is 5.44. The third-order valence-electron chi connectivity index (χ3n) is 4.20. The second kappa shape index (κ2) is 7.14. The topological polar surface area (TPSA) is 38.3 Å². The van der Waals surface area contributed by atoms with Gasteiger partial charge in [-0.2, -0.15) is 0 Å². The molecule has 3 rings (SSSR count). The third kappa shape index (κ3) is 3.29. The van der Waals surface area contributed by atoms with Gasteiger partial charge < -0.3 is 10.1 Å². The van der Waals surface area contributed by atoms with Crippen molar-refractivity contribution in [3.8, 4) is 11.1 Å². The summed E-state index contributed by atoms with van der Waals surface area (Å²) in [4.78, 5) is 11.8. The number of hydrogen-bond donors (Lipinski definition) is 1. The Hall–Kier alpha value is -2.55. The summed E-state index contributed by atoms with van der Waals surface area (Å²) in [5, 5.41) is 2.78. The minimum atomic E-state index is -0.351. The molecule has 0 spiro atoms. The SMILES string of the molecule is C=CCCCNC(=O)OCC1c2ccccc2-c2ccccc21. The van der Waals surface area contributed by atoms with E-state index in [1.807, 2.05) is 30.3 Å². The highest BCUT2D eigenvalue weighted by Gasteiger charge is 2.28. The Labute approximate surface area is 137 Å². The zero-order valence-electron chi connectivity index (χ0n) is 13.1. The van der Waals surface area contributed by atoms with Crippen molar-refractivity contribution in [3.05, 3.63) is 72.3 Å². The predicted octanol–water partition coefficient (Wildman–Crippen LogP) is 4.49. The van der Waals surface area contributed by atoms with Crippen LogP contribution in [0.5, 0.6) is 0 Å². The molecule has 1 amide bonds. The zero-order chi connectivity index (χ0) is 16.1. The van der Waals surface area contributed by atoms with Crippen molar-refractivity contribution in [2.75, 3.05) is 13.2 Å². The molecule has 0 aliphatic heterocycles. The molecule has 2 aromatic carbocycles. The van der Waals surface area contributed by atoms with Crippen molar-refractivity contribution in [2.45, 2.75) is 18.8 Å². The third-order valence-corrected chi connectivity index (χ3v) is 4.20. The quantitative estimate of drug-likeness (QED) is 0.630. The first-order chi connectivity index (χ1) is 11.3. The van der Waals surface area contributed by atoms with Crippen molar-refractivity contribution < 1.29 is 9.53 Å². The van der Waals surface area contributed by atoms with Crippen molar-refractivity contribution in [1.82, 2.24) is 5.32 Å². The lowest BCUT2D eigenvalue weighted by Crippen LogP contribution is -2.26. The van der Waals surface area contributed by atoms with E-state index in [1.165, 1.54) is 22.3 Å². The first kappa shape index (κ1) is 15.3. The molecule has 1 N–H and O–H groups in total. The van der Waals surface area contributed by atoms with Gasteiger partial charge in [0.15, 0.2) is 0 Å². The van der Waals surface area contributed by atoms with E-state index in [0.29, 0.717) is 13.2 Å². The Bertz CT molecular complexity index is 663. The van der Waals surface area contributed by atoms with Crippen LogP contribution >= 0.6 is 0 Å². The smallest absolute Gasteiger partial charge is 0.407 e. The van der Waals surface area contributed by atoms with Crippen molar-refractivity contribution in [1.29, 1.82) is 0 Å². The van der Waals surface area contributed by atoms with Gasteiger partial charge in [0, 0.05) is 12.5 Å². The van der Waals surface area contributed by atoms with E-state index < -0.39 is 0 Å². The van der Waals surface area contributed by atoms with Gasteiger partial charge in [-0.05, 0) is 35.1 Å². The summed E-state index contributed by atoms with van der Waals surface area (Å²) in [6.07, 6.45) is 3.27. The Morgan fingerprint density at radius 1 is 1.09 bits per heavy atom. The lowest BCUT2D eigenvalue weighted by molar-refractivity contribution is 0.143. The van der Waals surface area contributed by atoms with E-state index >= 15 is 0 Å². The predicted molar refractivity (Wildman–Crippen MR) is 92.5 cm³/mol. The van der Waals surface area contributed by atoms with Crippen molar-refractivity contribution in [2.24, 2.45) is 0 Å². The van der Waals surface area contributed by atoms with Crippen LogP contribution in [0.4, 0.5) is 4.79 Å². The van der Waals surface area contributed by atoms with Gasteiger partial charge in [0.1, 0.15) is 6.61 Å². The van der Waals surface area contributed by atoms with Gasteiger partial charge in [-0.1, -0.05) is 54.6 Å². The fourth-order valence-corrected chi connectivity index (χ4v) is 3.09. The van der Waals surface area contributed by atoms with Gasteiger partial charge in [0.05, 0.1) is 0 Å². The molecule has 23 heavy (non-hydrogen) atoms. The molecule has 0 aromatic heterocycles. The fraction of sp³-hybridized carbons (Fsp3) is 0.250. The van der Waals surface area contributed by atoms with E-state index in [9.17, 15) is 4.79 Å². The maximum atomic E-state index is 11.8. The average molecular weight is 307 g/mol.